The Morgan fingerprint density at radius 2 is 2.00 bits per heavy atom. The molecule has 2 aromatic rings. The van der Waals surface area contributed by atoms with Crippen LogP contribution in [-0.4, -0.2) is 25.6 Å². The average Bonchev–Trinajstić information content (AvgIpc) is 2.94. The number of esters is 1. The molecule has 0 amide bonds. The SMILES string of the molecule is COc1ccc(/C=C2/N=C(COc3ccccc3)OC2=O)cc1Cl. The summed E-state index contributed by atoms with van der Waals surface area (Å²) in [6.07, 6.45) is 1.60. The van der Waals surface area contributed by atoms with Gasteiger partial charge >= 0.3 is 5.97 Å². The fraction of sp³-hybridized carbons (Fsp3) is 0.111. The largest absolute Gasteiger partial charge is 0.495 e. The Hall–Kier alpha value is -2.79. The molecule has 2 aromatic carbocycles. The molecular formula is C18H14ClNO4. The Balaban J connectivity index is 1.72. The summed E-state index contributed by atoms with van der Waals surface area (Å²) in [5.74, 6) is 0.937. The number of aliphatic imine (C=N–C) groups is 1. The van der Waals surface area contributed by atoms with E-state index < -0.39 is 5.97 Å². The smallest absolute Gasteiger partial charge is 0.363 e. The van der Waals surface area contributed by atoms with Gasteiger partial charge < -0.3 is 14.2 Å². The van der Waals surface area contributed by atoms with Gasteiger partial charge in [-0.2, -0.15) is 0 Å². The van der Waals surface area contributed by atoms with Gasteiger partial charge in [0.15, 0.2) is 12.3 Å². The summed E-state index contributed by atoms with van der Waals surface area (Å²) in [7, 11) is 1.54. The lowest BCUT2D eigenvalue weighted by Gasteiger charge is -2.03. The highest BCUT2D eigenvalue weighted by Crippen LogP contribution is 2.26. The Labute approximate surface area is 144 Å². The highest BCUT2D eigenvalue weighted by Gasteiger charge is 2.23. The Bertz CT molecular complexity index is 815. The lowest BCUT2D eigenvalue weighted by molar-refractivity contribution is -0.130. The van der Waals surface area contributed by atoms with Gasteiger partial charge in [-0.3, -0.25) is 0 Å². The van der Waals surface area contributed by atoms with Crippen LogP contribution in [0.25, 0.3) is 6.08 Å². The number of methoxy groups -OCH3 is 1. The van der Waals surface area contributed by atoms with E-state index >= 15 is 0 Å². The third-order valence-corrected chi connectivity index (χ3v) is 3.54. The quantitative estimate of drug-likeness (QED) is 0.613. The van der Waals surface area contributed by atoms with E-state index in [0.29, 0.717) is 16.5 Å². The molecule has 0 fully saturated rings. The molecule has 0 bridgehead atoms. The maximum Gasteiger partial charge on any atom is 0.363 e. The van der Waals surface area contributed by atoms with E-state index in [-0.39, 0.29) is 18.2 Å². The third kappa shape index (κ3) is 3.75. The van der Waals surface area contributed by atoms with Crippen LogP contribution in [0.1, 0.15) is 5.56 Å². The van der Waals surface area contributed by atoms with Crippen molar-refractivity contribution in [3.8, 4) is 11.5 Å². The molecule has 0 aliphatic carbocycles. The van der Waals surface area contributed by atoms with Crippen LogP contribution >= 0.6 is 11.6 Å². The molecule has 6 heteroatoms. The minimum atomic E-state index is -0.520. The van der Waals surface area contributed by atoms with Gasteiger partial charge in [0, 0.05) is 0 Å². The minimum absolute atomic E-state index is 0.0798. The second-order valence-corrected chi connectivity index (χ2v) is 5.33. The van der Waals surface area contributed by atoms with Gasteiger partial charge in [0.1, 0.15) is 11.5 Å². The number of para-hydroxylation sites is 1. The van der Waals surface area contributed by atoms with Crippen LogP contribution in [0, 0.1) is 0 Å². The maximum atomic E-state index is 11.9. The van der Waals surface area contributed by atoms with Gasteiger partial charge in [0.05, 0.1) is 12.1 Å². The molecule has 0 saturated carbocycles. The molecule has 0 unspecified atom stereocenters. The lowest BCUT2D eigenvalue weighted by Crippen LogP contribution is -2.13. The number of halogens is 1. The van der Waals surface area contributed by atoms with E-state index in [2.05, 4.69) is 4.99 Å². The van der Waals surface area contributed by atoms with E-state index in [1.165, 1.54) is 7.11 Å². The summed E-state index contributed by atoms with van der Waals surface area (Å²) in [6, 6.07) is 14.4. The topological polar surface area (TPSA) is 57.1 Å². The van der Waals surface area contributed by atoms with Crippen LogP contribution < -0.4 is 9.47 Å². The number of rotatable bonds is 5. The van der Waals surface area contributed by atoms with Gasteiger partial charge in [-0.15, -0.1) is 0 Å². The van der Waals surface area contributed by atoms with E-state index in [9.17, 15) is 4.79 Å². The van der Waals surface area contributed by atoms with Crippen LogP contribution in [0.2, 0.25) is 5.02 Å². The number of nitrogens with zero attached hydrogens (tertiary/aromatic N) is 1. The zero-order chi connectivity index (χ0) is 16.9. The Morgan fingerprint density at radius 3 is 2.71 bits per heavy atom. The van der Waals surface area contributed by atoms with Gasteiger partial charge in [-0.1, -0.05) is 35.9 Å². The predicted molar refractivity (Wildman–Crippen MR) is 91.4 cm³/mol. The Morgan fingerprint density at radius 1 is 1.21 bits per heavy atom. The average molecular weight is 344 g/mol. The molecule has 0 atom stereocenters. The van der Waals surface area contributed by atoms with E-state index in [4.69, 9.17) is 25.8 Å². The molecule has 0 saturated heterocycles. The van der Waals surface area contributed by atoms with Crippen LogP contribution in [0.5, 0.6) is 11.5 Å². The second-order valence-electron chi connectivity index (χ2n) is 4.92. The number of carbonyl (C=O) groups excluding carboxylic acids is 1. The molecule has 0 radical (unpaired) electrons. The molecule has 3 rings (SSSR count). The van der Waals surface area contributed by atoms with Crippen molar-refractivity contribution in [1.29, 1.82) is 0 Å². The summed E-state index contributed by atoms with van der Waals surface area (Å²) < 4.78 is 15.7. The Kier molecular flexibility index (Phi) is 4.82. The van der Waals surface area contributed by atoms with Crippen molar-refractivity contribution in [1.82, 2.24) is 0 Å². The van der Waals surface area contributed by atoms with Crippen LogP contribution in [0.3, 0.4) is 0 Å². The predicted octanol–water partition coefficient (Wildman–Crippen LogP) is 3.72. The van der Waals surface area contributed by atoms with Crippen molar-refractivity contribution in [2.45, 2.75) is 0 Å². The summed E-state index contributed by atoms with van der Waals surface area (Å²) in [5, 5.41) is 0.454. The lowest BCUT2D eigenvalue weighted by atomic mass is 10.2. The molecule has 122 valence electrons. The second kappa shape index (κ2) is 7.19. The molecule has 0 spiro atoms. The molecular weight excluding hydrogens is 330 g/mol. The van der Waals surface area contributed by atoms with Crippen molar-refractivity contribution in [2.24, 2.45) is 4.99 Å². The van der Waals surface area contributed by atoms with Gasteiger partial charge in [-0.05, 0) is 35.9 Å². The highest BCUT2D eigenvalue weighted by molar-refractivity contribution is 6.32. The van der Waals surface area contributed by atoms with Crippen molar-refractivity contribution in [2.75, 3.05) is 13.7 Å². The summed E-state index contributed by atoms with van der Waals surface area (Å²) >= 11 is 6.07. The van der Waals surface area contributed by atoms with Crippen LogP contribution in [0.15, 0.2) is 59.2 Å². The molecule has 24 heavy (non-hydrogen) atoms. The van der Waals surface area contributed by atoms with Crippen LogP contribution in [-0.2, 0) is 9.53 Å². The fourth-order valence-electron chi connectivity index (χ4n) is 2.11. The van der Waals surface area contributed by atoms with Gasteiger partial charge in [0.25, 0.3) is 0 Å². The summed E-state index contributed by atoms with van der Waals surface area (Å²) in [6.45, 7) is 0.0798. The third-order valence-electron chi connectivity index (χ3n) is 3.25. The first-order valence-corrected chi connectivity index (χ1v) is 7.56. The zero-order valence-corrected chi connectivity index (χ0v) is 13.6. The van der Waals surface area contributed by atoms with E-state index in [0.717, 1.165) is 5.56 Å². The zero-order valence-electron chi connectivity index (χ0n) is 12.9. The summed E-state index contributed by atoms with van der Waals surface area (Å²) in [5.41, 5.74) is 0.921. The van der Waals surface area contributed by atoms with E-state index in [1.807, 2.05) is 30.3 Å². The number of benzene rings is 2. The highest BCUT2D eigenvalue weighted by atomic mass is 35.5. The van der Waals surface area contributed by atoms with Crippen molar-refractivity contribution >= 4 is 29.5 Å². The van der Waals surface area contributed by atoms with Gasteiger partial charge in [-0.25, -0.2) is 9.79 Å². The number of ether oxygens (including phenoxy) is 3. The van der Waals surface area contributed by atoms with Gasteiger partial charge in [0.2, 0.25) is 5.90 Å². The first-order chi connectivity index (χ1) is 11.7. The standard InChI is InChI=1S/C18H14ClNO4/c1-22-16-8-7-12(9-14(16)19)10-15-18(21)24-17(20-15)11-23-13-5-3-2-4-6-13/h2-10H,11H2,1H3/b15-10+. The van der Waals surface area contributed by atoms with Crippen molar-refractivity contribution in [3.05, 3.63) is 64.8 Å². The molecule has 0 aromatic heterocycles. The molecule has 5 nitrogen and oxygen atoms in total. The van der Waals surface area contributed by atoms with Crippen molar-refractivity contribution in [3.63, 3.8) is 0 Å². The molecule has 1 aliphatic heterocycles. The first-order valence-electron chi connectivity index (χ1n) is 7.18. The monoisotopic (exact) mass is 343 g/mol. The normalized spacial score (nSPS) is 15.2. The number of hydrogen-bond donors (Lipinski definition) is 0. The number of cyclic esters (lactones) is 1. The van der Waals surface area contributed by atoms with Crippen molar-refractivity contribution < 1.29 is 19.0 Å². The summed E-state index contributed by atoms with van der Waals surface area (Å²) in [4.78, 5) is 16.0. The first kappa shape index (κ1) is 16.1. The number of hydrogen-bond acceptors (Lipinski definition) is 5. The minimum Gasteiger partial charge on any atom is -0.495 e. The number of carbonyl (C=O) groups is 1. The fourth-order valence-corrected chi connectivity index (χ4v) is 2.37. The molecule has 0 N–H and O–H groups in total. The van der Waals surface area contributed by atoms with Crippen LogP contribution in [0.4, 0.5) is 0 Å². The molecule has 1 aliphatic rings. The van der Waals surface area contributed by atoms with E-state index in [1.54, 1.807) is 24.3 Å². The molecule has 1 heterocycles. The maximum absolute atomic E-state index is 11.9.